The molecule has 0 aromatic carbocycles. The summed E-state index contributed by atoms with van der Waals surface area (Å²) in [6, 6.07) is 0. The van der Waals surface area contributed by atoms with Gasteiger partial charge >= 0.3 is 0 Å². The van der Waals surface area contributed by atoms with Gasteiger partial charge in [0.25, 0.3) is 0 Å². The van der Waals surface area contributed by atoms with E-state index < -0.39 is 0 Å². The standard InChI is InChI=1S/C12H26N2O/c1-11(9-13)5-3-7-14-10-12(2)6-4-8-15-12/h11,14H,3-10,13H2,1-2H3. The minimum absolute atomic E-state index is 0.0967. The summed E-state index contributed by atoms with van der Waals surface area (Å²) in [5.41, 5.74) is 5.66. The minimum Gasteiger partial charge on any atom is -0.374 e. The molecule has 3 N–H and O–H groups in total. The predicted octanol–water partition coefficient (Wildman–Crippen LogP) is 1.52. The molecule has 0 aliphatic carbocycles. The topological polar surface area (TPSA) is 47.3 Å². The van der Waals surface area contributed by atoms with E-state index in [9.17, 15) is 0 Å². The van der Waals surface area contributed by atoms with Gasteiger partial charge in [-0.15, -0.1) is 0 Å². The molecule has 1 rings (SSSR count). The smallest absolute Gasteiger partial charge is 0.0779 e. The lowest BCUT2D eigenvalue weighted by Gasteiger charge is -2.23. The zero-order valence-corrected chi connectivity index (χ0v) is 10.2. The van der Waals surface area contributed by atoms with Gasteiger partial charge in [-0.25, -0.2) is 0 Å². The monoisotopic (exact) mass is 214 g/mol. The highest BCUT2D eigenvalue weighted by atomic mass is 16.5. The number of ether oxygens (including phenoxy) is 1. The quantitative estimate of drug-likeness (QED) is 0.632. The van der Waals surface area contributed by atoms with Gasteiger partial charge in [-0.2, -0.15) is 0 Å². The SMILES string of the molecule is CC(CN)CCCNCC1(C)CCCO1. The Morgan fingerprint density at radius 1 is 1.53 bits per heavy atom. The highest BCUT2D eigenvalue weighted by Crippen LogP contribution is 2.23. The molecule has 0 radical (unpaired) electrons. The maximum Gasteiger partial charge on any atom is 0.0779 e. The average molecular weight is 214 g/mol. The van der Waals surface area contributed by atoms with Crippen molar-refractivity contribution in [2.45, 2.75) is 45.1 Å². The minimum atomic E-state index is 0.0967. The first-order valence-electron chi connectivity index (χ1n) is 6.21. The van der Waals surface area contributed by atoms with E-state index in [-0.39, 0.29) is 5.60 Å². The molecule has 90 valence electrons. The van der Waals surface area contributed by atoms with Crippen LogP contribution in [0.5, 0.6) is 0 Å². The number of nitrogens with two attached hydrogens (primary N) is 1. The van der Waals surface area contributed by atoms with Crippen molar-refractivity contribution in [3.63, 3.8) is 0 Å². The van der Waals surface area contributed by atoms with Crippen LogP contribution in [0.1, 0.15) is 39.5 Å². The van der Waals surface area contributed by atoms with Crippen molar-refractivity contribution in [1.29, 1.82) is 0 Å². The summed E-state index contributed by atoms with van der Waals surface area (Å²) in [5.74, 6) is 0.658. The zero-order valence-electron chi connectivity index (χ0n) is 10.2. The Morgan fingerprint density at radius 3 is 2.93 bits per heavy atom. The van der Waals surface area contributed by atoms with Crippen LogP contribution in [0, 0.1) is 5.92 Å². The maximum absolute atomic E-state index is 5.71. The molecule has 15 heavy (non-hydrogen) atoms. The maximum atomic E-state index is 5.71. The summed E-state index contributed by atoms with van der Waals surface area (Å²) >= 11 is 0. The Kier molecular flexibility index (Phi) is 5.58. The fourth-order valence-electron chi connectivity index (χ4n) is 2.02. The van der Waals surface area contributed by atoms with Gasteiger partial charge in [-0.05, 0) is 51.6 Å². The van der Waals surface area contributed by atoms with Crippen LogP contribution in [-0.2, 0) is 4.74 Å². The van der Waals surface area contributed by atoms with Gasteiger partial charge in [-0.1, -0.05) is 6.92 Å². The molecule has 1 aliphatic rings. The molecule has 2 atom stereocenters. The molecule has 0 aromatic heterocycles. The number of nitrogens with one attached hydrogen (secondary N) is 1. The van der Waals surface area contributed by atoms with E-state index in [0.717, 1.165) is 26.2 Å². The molecule has 3 heteroatoms. The number of rotatable bonds is 7. The summed E-state index contributed by atoms with van der Waals surface area (Å²) in [4.78, 5) is 0. The fourth-order valence-corrected chi connectivity index (χ4v) is 2.02. The number of hydrogen-bond acceptors (Lipinski definition) is 3. The Bertz CT molecular complexity index is 167. The summed E-state index contributed by atoms with van der Waals surface area (Å²) in [5, 5.41) is 3.48. The summed E-state index contributed by atoms with van der Waals surface area (Å²) < 4.78 is 5.71. The molecule has 1 aliphatic heterocycles. The van der Waals surface area contributed by atoms with Crippen LogP contribution < -0.4 is 11.1 Å². The third kappa shape index (κ3) is 4.96. The van der Waals surface area contributed by atoms with Crippen molar-refractivity contribution in [2.75, 3.05) is 26.2 Å². The molecule has 0 saturated carbocycles. The van der Waals surface area contributed by atoms with E-state index in [1.807, 2.05) is 0 Å². The summed E-state index contributed by atoms with van der Waals surface area (Å²) in [6.07, 6.45) is 4.84. The van der Waals surface area contributed by atoms with Crippen molar-refractivity contribution < 1.29 is 4.74 Å². The van der Waals surface area contributed by atoms with Crippen molar-refractivity contribution in [1.82, 2.24) is 5.32 Å². The molecule has 0 amide bonds. The van der Waals surface area contributed by atoms with E-state index in [0.29, 0.717) is 5.92 Å². The largest absolute Gasteiger partial charge is 0.374 e. The lowest BCUT2D eigenvalue weighted by Crippen LogP contribution is -2.37. The van der Waals surface area contributed by atoms with Crippen LogP contribution >= 0.6 is 0 Å². The van der Waals surface area contributed by atoms with Gasteiger partial charge in [-0.3, -0.25) is 0 Å². The fraction of sp³-hybridized carbons (Fsp3) is 1.00. The van der Waals surface area contributed by atoms with Gasteiger partial charge in [0.2, 0.25) is 0 Å². The summed E-state index contributed by atoms with van der Waals surface area (Å²) in [6.45, 7) is 8.23. The van der Waals surface area contributed by atoms with Crippen LogP contribution in [0.15, 0.2) is 0 Å². The first kappa shape index (κ1) is 12.9. The normalized spacial score (nSPS) is 28.2. The van der Waals surface area contributed by atoms with E-state index in [2.05, 4.69) is 19.2 Å². The van der Waals surface area contributed by atoms with Crippen LogP contribution in [0.4, 0.5) is 0 Å². The molecule has 1 heterocycles. The lowest BCUT2D eigenvalue weighted by molar-refractivity contribution is 0.0209. The van der Waals surface area contributed by atoms with Crippen LogP contribution in [-0.4, -0.2) is 31.8 Å². The van der Waals surface area contributed by atoms with Gasteiger partial charge < -0.3 is 15.8 Å². The second-order valence-electron chi connectivity index (χ2n) is 5.06. The van der Waals surface area contributed by atoms with E-state index in [4.69, 9.17) is 10.5 Å². The Balaban J connectivity index is 1.97. The van der Waals surface area contributed by atoms with Gasteiger partial charge in [0.1, 0.15) is 0 Å². The van der Waals surface area contributed by atoms with E-state index >= 15 is 0 Å². The third-order valence-corrected chi connectivity index (χ3v) is 3.25. The first-order chi connectivity index (χ1) is 7.16. The van der Waals surface area contributed by atoms with Crippen molar-refractivity contribution in [3.05, 3.63) is 0 Å². The second-order valence-corrected chi connectivity index (χ2v) is 5.06. The highest BCUT2D eigenvalue weighted by molar-refractivity contribution is 4.82. The average Bonchev–Trinajstić information content (AvgIpc) is 2.64. The van der Waals surface area contributed by atoms with Gasteiger partial charge in [0.15, 0.2) is 0 Å². The number of hydrogen-bond donors (Lipinski definition) is 2. The lowest BCUT2D eigenvalue weighted by atomic mass is 10.0. The summed E-state index contributed by atoms with van der Waals surface area (Å²) in [7, 11) is 0. The Hall–Kier alpha value is -0.120. The Labute approximate surface area is 93.8 Å². The predicted molar refractivity (Wildman–Crippen MR) is 63.9 cm³/mol. The highest BCUT2D eigenvalue weighted by Gasteiger charge is 2.28. The van der Waals surface area contributed by atoms with Crippen LogP contribution in [0.25, 0.3) is 0 Å². The molecular weight excluding hydrogens is 188 g/mol. The Morgan fingerprint density at radius 2 is 2.33 bits per heavy atom. The van der Waals surface area contributed by atoms with Crippen LogP contribution in [0.2, 0.25) is 0 Å². The molecule has 0 bridgehead atoms. The van der Waals surface area contributed by atoms with Crippen molar-refractivity contribution >= 4 is 0 Å². The first-order valence-corrected chi connectivity index (χ1v) is 6.21. The van der Waals surface area contributed by atoms with E-state index in [1.165, 1.54) is 25.7 Å². The van der Waals surface area contributed by atoms with E-state index in [1.54, 1.807) is 0 Å². The molecule has 0 aromatic rings. The molecule has 2 unspecified atom stereocenters. The zero-order chi connectivity index (χ0) is 11.1. The molecular formula is C12H26N2O. The van der Waals surface area contributed by atoms with Crippen LogP contribution in [0.3, 0.4) is 0 Å². The second kappa shape index (κ2) is 6.46. The molecule has 1 saturated heterocycles. The molecule has 3 nitrogen and oxygen atoms in total. The van der Waals surface area contributed by atoms with Gasteiger partial charge in [0.05, 0.1) is 5.60 Å². The van der Waals surface area contributed by atoms with Crippen molar-refractivity contribution in [3.8, 4) is 0 Å². The molecule has 0 spiro atoms. The van der Waals surface area contributed by atoms with Crippen molar-refractivity contribution in [2.24, 2.45) is 11.7 Å². The third-order valence-electron chi connectivity index (χ3n) is 3.25. The molecule has 1 fully saturated rings. The van der Waals surface area contributed by atoms with Gasteiger partial charge in [0, 0.05) is 13.2 Å².